The Balaban J connectivity index is 2.46. The monoisotopic (exact) mass is 245 g/mol. The van der Waals surface area contributed by atoms with Crippen LogP contribution >= 0.6 is 0 Å². The number of benzene rings is 1. The van der Waals surface area contributed by atoms with Gasteiger partial charge in [0.15, 0.2) is 6.10 Å². The molecular formula is C12H14F3NO. The molecule has 0 spiro atoms. The fourth-order valence-corrected chi connectivity index (χ4v) is 2.27. The summed E-state index contributed by atoms with van der Waals surface area (Å²) in [5, 5.41) is 12.5. The van der Waals surface area contributed by atoms with Crippen LogP contribution in [0, 0.1) is 0 Å². The van der Waals surface area contributed by atoms with Crippen LogP contribution in [0.2, 0.25) is 0 Å². The average Bonchev–Trinajstić information content (AvgIpc) is 2.27. The van der Waals surface area contributed by atoms with Crippen LogP contribution in [-0.2, 0) is 6.42 Å². The third kappa shape index (κ3) is 2.30. The quantitative estimate of drug-likeness (QED) is 0.796. The topological polar surface area (TPSA) is 32.3 Å². The van der Waals surface area contributed by atoms with Crippen LogP contribution in [0.3, 0.4) is 0 Å². The zero-order valence-electron chi connectivity index (χ0n) is 9.38. The Morgan fingerprint density at radius 2 is 2.12 bits per heavy atom. The molecule has 17 heavy (non-hydrogen) atoms. The first kappa shape index (κ1) is 12.4. The van der Waals surface area contributed by atoms with Gasteiger partial charge in [-0.25, -0.2) is 0 Å². The molecule has 0 fully saturated rings. The van der Waals surface area contributed by atoms with Crippen molar-refractivity contribution in [3.8, 4) is 0 Å². The smallest absolute Gasteiger partial charge is 0.379 e. The minimum Gasteiger partial charge on any atom is -0.379 e. The number of fused-ring (bicyclic) bond motifs is 1. The SMILES string of the molecule is C[C@@H]1NCCc2c(C(O)C(F)(F)F)cccc21. The van der Waals surface area contributed by atoms with Crippen molar-refractivity contribution in [1.29, 1.82) is 0 Å². The van der Waals surface area contributed by atoms with Crippen LogP contribution in [0.25, 0.3) is 0 Å². The van der Waals surface area contributed by atoms with Gasteiger partial charge in [0.05, 0.1) is 0 Å². The molecule has 1 unspecified atom stereocenters. The number of nitrogens with one attached hydrogen (secondary N) is 1. The summed E-state index contributed by atoms with van der Waals surface area (Å²) in [5.41, 5.74) is 1.46. The summed E-state index contributed by atoms with van der Waals surface area (Å²) in [6.07, 6.45) is -6.48. The van der Waals surface area contributed by atoms with Gasteiger partial charge < -0.3 is 10.4 Å². The standard InChI is InChI=1S/C12H14F3NO/c1-7-8-3-2-4-10(9(8)5-6-16-7)11(17)12(13,14)15/h2-4,7,11,16-17H,5-6H2,1H3/t7-,11?/m0/s1. The van der Waals surface area contributed by atoms with E-state index in [4.69, 9.17) is 0 Å². The number of rotatable bonds is 1. The first-order valence-electron chi connectivity index (χ1n) is 5.51. The maximum atomic E-state index is 12.5. The summed E-state index contributed by atoms with van der Waals surface area (Å²) < 4.78 is 37.6. The third-order valence-corrected chi connectivity index (χ3v) is 3.15. The van der Waals surface area contributed by atoms with Crippen LogP contribution in [-0.4, -0.2) is 17.8 Å². The van der Waals surface area contributed by atoms with Gasteiger partial charge in [-0.15, -0.1) is 0 Å². The van der Waals surface area contributed by atoms with Gasteiger partial charge in [0, 0.05) is 6.04 Å². The van der Waals surface area contributed by atoms with Gasteiger partial charge in [0.25, 0.3) is 0 Å². The fourth-order valence-electron chi connectivity index (χ4n) is 2.27. The molecule has 0 aliphatic carbocycles. The largest absolute Gasteiger partial charge is 0.418 e. The number of aliphatic hydroxyl groups is 1. The second-order valence-electron chi connectivity index (χ2n) is 4.28. The Morgan fingerprint density at radius 1 is 1.41 bits per heavy atom. The molecule has 94 valence electrons. The van der Waals surface area contributed by atoms with Crippen molar-refractivity contribution >= 4 is 0 Å². The third-order valence-electron chi connectivity index (χ3n) is 3.15. The van der Waals surface area contributed by atoms with Crippen molar-refractivity contribution in [3.63, 3.8) is 0 Å². The van der Waals surface area contributed by atoms with Crippen molar-refractivity contribution in [2.75, 3.05) is 6.54 Å². The molecule has 1 aliphatic heterocycles. The van der Waals surface area contributed by atoms with Crippen molar-refractivity contribution in [3.05, 3.63) is 34.9 Å². The highest BCUT2D eigenvalue weighted by molar-refractivity contribution is 5.40. The van der Waals surface area contributed by atoms with Crippen molar-refractivity contribution in [2.24, 2.45) is 0 Å². The number of halogens is 3. The summed E-state index contributed by atoms with van der Waals surface area (Å²) in [6, 6.07) is 4.75. The van der Waals surface area contributed by atoms with Gasteiger partial charge in [-0.1, -0.05) is 18.2 Å². The van der Waals surface area contributed by atoms with E-state index in [2.05, 4.69) is 5.32 Å². The summed E-state index contributed by atoms with van der Waals surface area (Å²) in [6.45, 7) is 2.54. The molecule has 2 rings (SSSR count). The van der Waals surface area contributed by atoms with Crippen LogP contribution < -0.4 is 5.32 Å². The van der Waals surface area contributed by atoms with Crippen LogP contribution in [0.4, 0.5) is 13.2 Å². The van der Waals surface area contributed by atoms with Crippen molar-refractivity contribution < 1.29 is 18.3 Å². The highest BCUT2D eigenvalue weighted by Crippen LogP contribution is 2.37. The van der Waals surface area contributed by atoms with E-state index >= 15 is 0 Å². The molecule has 2 atom stereocenters. The van der Waals surface area contributed by atoms with E-state index in [1.54, 1.807) is 12.1 Å². The maximum Gasteiger partial charge on any atom is 0.418 e. The number of hydrogen-bond acceptors (Lipinski definition) is 2. The van der Waals surface area contributed by atoms with E-state index < -0.39 is 12.3 Å². The van der Waals surface area contributed by atoms with Crippen LogP contribution in [0.15, 0.2) is 18.2 Å². The van der Waals surface area contributed by atoms with E-state index in [0.717, 1.165) is 5.56 Å². The molecular weight excluding hydrogens is 231 g/mol. The number of alkyl halides is 3. The van der Waals surface area contributed by atoms with Crippen LogP contribution in [0.1, 0.15) is 35.8 Å². The molecule has 1 aliphatic rings. The summed E-state index contributed by atoms with van der Waals surface area (Å²) >= 11 is 0. The Kier molecular flexibility index (Phi) is 3.14. The summed E-state index contributed by atoms with van der Waals surface area (Å²) in [7, 11) is 0. The lowest BCUT2D eigenvalue weighted by atomic mass is 9.89. The molecule has 0 saturated heterocycles. The Labute approximate surface area is 97.5 Å². The van der Waals surface area contributed by atoms with Gasteiger partial charge in [-0.2, -0.15) is 13.2 Å². The summed E-state index contributed by atoms with van der Waals surface area (Å²) in [5.74, 6) is 0. The molecule has 5 heteroatoms. The zero-order valence-corrected chi connectivity index (χ0v) is 9.38. The predicted molar refractivity (Wildman–Crippen MR) is 57.6 cm³/mol. The molecule has 1 aromatic carbocycles. The average molecular weight is 245 g/mol. The van der Waals surface area contributed by atoms with Crippen molar-refractivity contribution in [2.45, 2.75) is 31.7 Å². The highest BCUT2D eigenvalue weighted by Gasteiger charge is 2.41. The number of hydrogen-bond donors (Lipinski definition) is 2. The molecule has 2 nitrogen and oxygen atoms in total. The van der Waals surface area contributed by atoms with Gasteiger partial charge in [-0.05, 0) is 36.6 Å². The van der Waals surface area contributed by atoms with Gasteiger partial charge in [0.2, 0.25) is 0 Å². The molecule has 0 bridgehead atoms. The molecule has 0 amide bonds. The number of aliphatic hydroxyl groups excluding tert-OH is 1. The first-order valence-corrected chi connectivity index (χ1v) is 5.51. The van der Waals surface area contributed by atoms with E-state index in [-0.39, 0.29) is 11.6 Å². The van der Waals surface area contributed by atoms with E-state index in [1.165, 1.54) is 6.07 Å². The molecule has 0 radical (unpaired) electrons. The van der Waals surface area contributed by atoms with Crippen LogP contribution in [0.5, 0.6) is 0 Å². The Morgan fingerprint density at radius 3 is 2.76 bits per heavy atom. The summed E-state index contributed by atoms with van der Waals surface area (Å²) in [4.78, 5) is 0. The van der Waals surface area contributed by atoms with Gasteiger partial charge >= 0.3 is 6.18 Å². The van der Waals surface area contributed by atoms with E-state index in [0.29, 0.717) is 18.5 Å². The molecule has 2 N–H and O–H groups in total. The first-order chi connectivity index (χ1) is 7.91. The van der Waals surface area contributed by atoms with Gasteiger partial charge in [-0.3, -0.25) is 0 Å². The van der Waals surface area contributed by atoms with Crippen molar-refractivity contribution in [1.82, 2.24) is 5.32 Å². The van der Waals surface area contributed by atoms with Gasteiger partial charge in [0.1, 0.15) is 0 Å². The normalized spacial score (nSPS) is 22.1. The molecule has 0 aromatic heterocycles. The highest BCUT2D eigenvalue weighted by atomic mass is 19.4. The second-order valence-corrected chi connectivity index (χ2v) is 4.28. The fraction of sp³-hybridized carbons (Fsp3) is 0.500. The molecule has 1 heterocycles. The lowest BCUT2D eigenvalue weighted by molar-refractivity contribution is -0.207. The molecule has 0 saturated carbocycles. The molecule has 1 aromatic rings. The minimum absolute atomic E-state index is 0.0108. The maximum absolute atomic E-state index is 12.5. The minimum atomic E-state index is -4.61. The lowest BCUT2D eigenvalue weighted by Crippen LogP contribution is -2.30. The lowest BCUT2D eigenvalue weighted by Gasteiger charge is -2.28. The predicted octanol–water partition coefficient (Wildman–Crippen LogP) is 2.49. The van der Waals surface area contributed by atoms with E-state index in [9.17, 15) is 18.3 Å². The van der Waals surface area contributed by atoms with E-state index in [1.807, 2.05) is 6.92 Å². The Hall–Kier alpha value is -1.07. The zero-order chi connectivity index (χ0) is 12.6. The Bertz CT molecular complexity index is 417. The second kappa shape index (κ2) is 4.31.